The molecule has 134 valence electrons. The highest BCUT2D eigenvalue weighted by atomic mass is 32.2. The van der Waals surface area contributed by atoms with Gasteiger partial charge in [0.1, 0.15) is 0 Å². The molecule has 0 aliphatic heterocycles. The number of nitrogens with zero attached hydrogens (tertiary/aromatic N) is 3. The number of hydrogen-bond acceptors (Lipinski definition) is 6. The molecule has 1 fully saturated rings. The Hall–Kier alpha value is -2.29. The number of hydrogen-bond donors (Lipinski definition) is 2. The summed E-state index contributed by atoms with van der Waals surface area (Å²) >= 11 is 1.28. The molecule has 0 saturated heterocycles. The van der Waals surface area contributed by atoms with Crippen molar-refractivity contribution in [3.63, 3.8) is 0 Å². The van der Waals surface area contributed by atoms with Crippen LogP contribution in [-0.4, -0.2) is 39.5 Å². The highest BCUT2D eigenvalue weighted by Crippen LogP contribution is 2.35. The fraction of sp³-hybridized carbons (Fsp3) is 0.500. The van der Waals surface area contributed by atoms with Crippen LogP contribution in [-0.2, 0) is 4.79 Å². The minimum atomic E-state index is -0.518. The molecule has 9 heteroatoms. The summed E-state index contributed by atoms with van der Waals surface area (Å²) in [5.74, 6) is 1.07. The molecule has 0 bridgehead atoms. The number of rotatable bonds is 5. The Kier molecular flexibility index (Phi) is 5.75. The van der Waals surface area contributed by atoms with E-state index in [0.717, 1.165) is 12.8 Å². The lowest BCUT2D eigenvalue weighted by Crippen LogP contribution is -2.38. The number of aromatic nitrogens is 3. The van der Waals surface area contributed by atoms with Crippen molar-refractivity contribution >= 4 is 23.7 Å². The van der Waals surface area contributed by atoms with Gasteiger partial charge in [-0.3, -0.25) is 14.7 Å². The molecule has 0 atom stereocenters. The van der Waals surface area contributed by atoms with E-state index in [1.807, 2.05) is 12.1 Å². The summed E-state index contributed by atoms with van der Waals surface area (Å²) in [4.78, 5) is 23.0. The number of furan rings is 1. The highest BCUT2D eigenvalue weighted by Gasteiger charge is 2.25. The Labute approximate surface area is 149 Å². The van der Waals surface area contributed by atoms with Gasteiger partial charge in [0.2, 0.25) is 11.7 Å². The smallest absolute Gasteiger partial charge is 0.321 e. The number of imide groups is 1. The first-order chi connectivity index (χ1) is 12.2. The molecule has 0 radical (unpaired) electrons. The van der Waals surface area contributed by atoms with Crippen molar-refractivity contribution in [1.29, 1.82) is 0 Å². The second-order valence-corrected chi connectivity index (χ2v) is 6.80. The first kappa shape index (κ1) is 17.5. The lowest BCUT2D eigenvalue weighted by Gasteiger charge is -2.25. The van der Waals surface area contributed by atoms with Crippen LogP contribution in [0.2, 0.25) is 0 Å². The second kappa shape index (κ2) is 8.19. The maximum Gasteiger partial charge on any atom is 0.321 e. The van der Waals surface area contributed by atoms with E-state index in [0.29, 0.717) is 22.8 Å². The minimum Gasteiger partial charge on any atom is -0.461 e. The van der Waals surface area contributed by atoms with E-state index in [9.17, 15) is 9.59 Å². The average Bonchev–Trinajstić information content (AvgIpc) is 3.29. The number of carbonyl (C=O) groups excluding carboxylic acids is 2. The van der Waals surface area contributed by atoms with Crippen molar-refractivity contribution < 1.29 is 14.0 Å². The third-order valence-corrected chi connectivity index (χ3v) is 5.10. The summed E-state index contributed by atoms with van der Waals surface area (Å²) in [5.41, 5.74) is 0. The molecule has 8 nitrogen and oxygen atoms in total. The zero-order valence-electron chi connectivity index (χ0n) is 14.0. The first-order valence-corrected chi connectivity index (χ1v) is 9.30. The zero-order chi connectivity index (χ0) is 17.6. The molecular weight excluding hydrogens is 342 g/mol. The van der Waals surface area contributed by atoms with Crippen LogP contribution < -0.4 is 10.6 Å². The van der Waals surface area contributed by atoms with Gasteiger partial charge in [0.25, 0.3) is 0 Å². The lowest BCUT2D eigenvalue weighted by atomic mass is 9.95. The van der Waals surface area contributed by atoms with E-state index in [1.54, 1.807) is 6.26 Å². The molecule has 2 heterocycles. The Morgan fingerprint density at radius 1 is 1.32 bits per heavy atom. The van der Waals surface area contributed by atoms with Crippen LogP contribution in [0, 0.1) is 0 Å². The van der Waals surface area contributed by atoms with Gasteiger partial charge in [-0.2, -0.15) is 0 Å². The van der Waals surface area contributed by atoms with E-state index >= 15 is 0 Å². The molecule has 25 heavy (non-hydrogen) atoms. The Morgan fingerprint density at radius 2 is 2.12 bits per heavy atom. The van der Waals surface area contributed by atoms with Crippen molar-refractivity contribution in [2.45, 2.75) is 43.3 Å². The van der Waals surface area contributed by atoms with Crippen molar-refractivity contribution in [3.8, 4) is 11.6 Å². The standard InChI is InChI=1S/C16H21N5O3S/c1-17-15(23)18-13(22)10-25-16-20-19-14(12-8-5-9-24-12)21(16)11-6-3-2-4-7-11/h5,8-9,11H,2-4,6-7,10H2,1H3,(H2,17,18,22,23). The third-order valence-electron chi connectivity index (χ3n) is 4.16. The van der Waals surface area contributed by atoms with Gasteiger partial charge >= 0.3 is 6.03 Å². The second-order valence-electron chi connectivity index (χ2n) is 5.86. The van der Waals surface area contributed by atoms with Gasteiger partial charge in [-0.25, -0.2) is 4.79 Å². The highest BCUT2D eigenvalue weighted by molar-refractivity contribution is 7.99. The molecule has 1 saturated carbocycles. The van der Waals surface area contributed by atoms with Crippen molar-refractivity contribution in [2.75, 3.05) is 12.8 Å². The van der Waals surface area contributed by atoms with E-state index in [2.05, 4.69) is 25.4 Å². The molecule has 0 aromatic carbocycles. The summed E-state index contributed by atoms with van der Waals surface area (Å²) < 4.78 is 7.57. The maximum atomic E-state index is 11.8. The molecule has 1 aliphatic rings. The van der Waals surface area contributed by atoms with Crippen LogP contribution in [0.5, 0.6) is 0 Å². The van der Waals surface area contributed by atoms with Crippen LogP contribution in [0.1, 0.15) is 38.1 Å². The van der Waals surface area contributed by atoms with E-state index in [-0.39, 0.29) is 11.7 Å². The molecular formula is C16H21N5O3S. The summed E-state index contributed by atoms with van der Waals surface area (Å²) in [5, 5.41) is 13.8. The number of amides is 3. The van der Waals surface area contributed by atoms with Crippen molar-refractivity contribution in [3.05, 3.63) is 18.4 Å². The molecule has 3 rings (SSSR count). The van der Waals surface area contributed by atoms with Crippen LogP contribution in [0.25, 0.3) is 11.6 Å². The normalized spacial score (nSPS) is 15.1. The van der Waals surface area contributed by atoms with Crippen LogP contribution in [0.4, 0.5) is 4.79 Å². The van der Waals surface area contributed by atoms with Crippen LogP contribution in [0.15, 0.2) is 28.0 Å². The zero-order valence-corrected chi connectivity index (χ0v) is 14.8. The fourth-order valence-electron chi connectivity index (χ4n) is 2.97. The minimum absolute atomic E-state index is 0.0937. The summed E-state index contributed by atoms with van der Waals surface area (Å²) in [6, 6.07) is 3.46. The predicted molar refractivity (Wildman–Crippen MR) is 93.2 cm³/mol. The van der Waals surface area contributed by atoms with Gasteiger partial charge in [-0.05, 0) is 25.0 Å². The van der Waals surface area contributed by atoms with Gasteiger partial charge in [0.15, 0.2) is 10.9 Å². The molecule has 2 aromatic rings. The number of carbonyl (C=O) groups is 2. The Bertz CT molecular complexity index is 722. The maximum absolute atomic E-state index is 11.8. The number of thioether (sulfide) groups is 1. The first-order valence-electron chi connectivity index (χ1n) is 8.32. The van der Waals surface area contributed by atoms with E-state index < -0.39 is 6.03 Å². The average molecular weight is 363 g/mol. The monoisotopic (exact) mass is 363 g/mol. The molecule has 2 aromatic heterocycles. The number of urea groups is 1. The van der Waals surface area contributed by atoms with Crippen molar-refractivity contribution in [2.24, 2.45) is 0 Å². The van der Waals surface area contributed by atoms with Crippen LogP contribution in [0.3, 0.4) is 0 Å². The largest absolute Gasteiger partial charge is 0.461 e. The molecule has 0 spiro atoms. The summed E-state index contributed by atoms with van der Waals surface area (Å²) in [6.07, 6.45) is 7.31. The Balaban J connectivity index is 1.78. The Morgan fingerprint density at radius 3 is 2.80 bits per heavy atom. The van der Waals surface area contributed by atoms with E-state index in [4.69, 9.17) is 4.42 Å². The topological polar surface area (TPSA) is 102 Å². The van der Waals surface area contributed by atoms with Crippen molar-refractivity contribution in [1.82, 2.24) is 25.4 Å². The summed E-state index contributed by atoms with van der Waals surface area (Å²) in [7, 11) is 1.46. The van der Waals surface area contributed by atoms with E-state index in [1.165, 1.54) is 38.1 Å². The molecule has 0 unspecified atom stereocenters. The fourth-order valence-corrected chi connectivity index (χ4v) is 3.78. The van der Waals surface area contributed by atoms with Crippen LogP contribution >= 0.6 is 11.8 Å². The molecule has 3 amide bonds. The molecule has 2 N–H and O–H groups in total. The quantitative estimate of drug-likeness (QED) is 0.792. The van der Waals surface area contributed by atoms with Gasteiger partial charge in [-0.15, -0.1) is 10.2 Å². The lowest BCUT2D eigenvalue weighted by molar-refractivity contribution is -0.117. The third kappa shape index (κ3) is 4.22. The summed E-state index contributed by atoms with van der Waals surface area (Å²) in [6.45, 7) is 0. The van der Waals surface area contributed by atoms with Gasteiger partial charge in [0.05, 0.1) is 12.0 Å². The van der Waals surface area contributed by atoms with Gasteiger partial charge < -0.3 is 9.73 Å². The predicted octanol–water partition coefficient (Wildman–Crippen LogP) is 2.59. The molecule has 1 aliphatic carbocycles. The van der Waals surface area contributed by atoms with Gasteiger partial charge in [-0.1, -0.05) is 31.0 Å². The van der Waals surface area contributed by atoms with Gasteiger partial charge in [0, 0.05) is 13.1 Å². The number of nitrogens with one attached hydrogen (secondary N) is 2. The SMILES string of the molecule is CNC(=O)NC(=O)CSc1nnc(-c2ccco2)n1C1CCCCC1.